The number of likely N-dealkylation sites (tertiary alicyclic amines) is 1. The maximum Gasteiger partial charge on any atom is 0.411 e. The molecule has 12 heteroatoms. The molecule has 1 aromatic heterocycles. The Morgan fingerprint density at radius 3 is 2.40 bits per heavy atom. The molecule has 0 unspecified atom stereocenters. The van der Waals surface area contributed by atoms with Crippen LogP contribution in [0.3, 0.4) is 0 Å². The predicted molar refractivity (Wildman–Crippen MR) is 121 cm³/mol. The molecule has 3 aliphatic heterocycles. The van der Waals surface area contributed by atoms with Crippen LogP contribution in [0, 0.1) is 0 Å². The van der Waals surface area contributed by atoms with Gasteiger partial charge in [0.25, 0.3) is 0 Å². The Labute approximate surface area is 204 Å². The minimum atomic E-state index is -0.693. The van der Waals surface area contributed by atoms with Crippen LogP contribution in [-0.2, 0) is 16.0 Å². The number of urea groups is 1. The van der Waals surface area contributed by atoms with Crippen molar-refractivity contribution < 1.29 is 33.6 Å². The van der Waals surface area contributed by atoms with Crippen LogP contribution in [0.1, 0.15) is 71.9 Å². The zero-order chi connectivity index (χ0) is 25.7. The molecule has 1 N–H and O–H groups in total. The van der Waals surface area contributed by atoms with Crippen LogP contribution in [0.25, 0.3) is 0 Å². The van der Waals surface area contributed by atoms with Crippen molar-refractivity contribution in [3.63, 3.8) is 0 Å². The molecule has 0 aliphatic carbocycles. The molecule has 3 fully saturated rings. The number of aromatic nitrogens is 1. The summed E-state index contributed by atoms with van der Waals surface area (Å²) in [6, 6.07) is 0.535. The third-order valence-electron chi connectivity index (χ3n) is 6.17. The SMILES string of the molecule is CC(C)(C)OC(=O)N1CC(N(Cc2cc([C@@H]3CC[C@H]4CN3C(=O)N4O)no2)C(=O)OC(C)(C)C)C1. The van der Waals surface area contributed by atoms with Gasteiger partial charge in [0.1, 0.15) is 16.9 Å². The summed E-state index contributed by atoms with van der Waals surface area (Å²) in [5.74, 6) is 0.441. The first kappa shape index (κ1) is 25.1. The van der Waals surface area contributed by atoms with E-state index in [-0.39, 0.29) is 24.7 Å². The van der Waals surface area contributed by atoms with Gasteiger partial charge >= 0.3 is 18.2 Å². The molecule has 0 aromatic carbocycles. The van der Waals surface area contributed by atoms with E-state index in [9.17, 15) is 19.6 Å². The fraction of sp³-hybridized carbons (Fsp3) is 0.739. The lowest BCUT2D eigenvalue weighted by Crippen LogP contribution is -2.63. The fourth-order valence-electron chi connectivity index (χ4n) is 4.48. The summed E-state index contributed by atoms with van der Waals surface area (Å²) in [5, 5.41) is 14.9. The van der Waals surface area contributed by atoms with E-state index in [4.69, 9.17) is 14.0 Å². The summed E-state index contributed by atoms with van der Waals surface area (Å²) in [6.07, 6.45) is 0.375. The van der Waals surface area contributed by atoms with Crippen molar-refractivity contribution in [2.24, 2.45) is 0 Å². The monoisotopic (exact) mass is 493 g/mol. The van der Waals surface area contributed by atoms with E-state index < -0.39 is 29.4 Å². The van der Waals surface area contributed by atoms with Crippen LogP contribution in [0.2, 0.25) is 0 Å². The summed E-state index contributed by atoms with van der Waals surface area (Å²) in [5.41, 5.74) is -0.719. The topological polar surface area (TPSA) is 129 Å². The smallest absolute Gasteiger partial charge is 0.411 e. The molecular formula is C23H35N5O7. The van der Waals surface area contributed by atoms with Crippen molar-refractivity contribution in [3.8, 4) is 0 Å². The highest BCUT2D eigenvalue weighted by Gasteiger charge is 2.46. The lowest BCUT2D eigenvalue weighted by atomic mass is 9.98. The maximum absolute atomic E-state index is 13.0. The van der Waals surface area contributed by atoms with Crippen molar-refractivity contribution in [2.45, 2.75) is 90.3 Å². The standard InChI is InChI=1S/C23H35N5O7/c1-22(2,3)33-20(30)25-10-15(11-25)26(21(31)34-23(4,5)6)13-16-9-17(24-35-16)18-8-7-14-12-27(18)19(29)28(14)32/h9,14-15,18,32H,7-8,10-13H2,1-6H3/t14-,18-/m0/s1. The first-order valence-corrected chi connectivity index (χ1v) is 11.9. The molecule has 35 heavy (non-hydrogen) atoms. The van der Waals surface area contributed by atoms with Gasteiger partial charge in [0.15, 0.2) is 5.76 Å². The van der Waals surface area contributed by atoms with Gasteiger partial charge in [-0.2, -0.15) is 0 Å². The predicted octanol–water partition coefficient (Wildman–Crippen LogP) is 3.36. The first-order chi connectivity index (χ1) is 16.2. The van der Waals surface area contributed by atoms with Gasteiger partial charge in [0, 0.05) is 25.7 Å². The van der Waals surface area contributed by atoms with Gasteiger partial charge in [-0.25, -0.2) is 19.4 Å². The second kappa shape index (κ2) is 8.89. The molecule has 3 saturated heterocycles. The average Bonchev–Trinajstić information content (AvgIpc) is 3.23. The number of nitrogens with zero attached hydrogens (tertiary/aromatic N) is 5. The van der Waals surface area contributed by atoms with Gasteiger partial charge in [-0.1, -0.05) is 5.16 Å². The van der Waals surface area contributed by atoms with Crippen LogP contribution >= 0.6 is 0 Å². The molecular weight excluding hydrogens is 458 g/mol. The van der Waals surface area contributed by atoms with Crippen LogP contribution in [0.5, 0.6) is 0 Å². The molecule has 0 saturated carbocycles. The van der Waals surface area contributed by atoms with Crippen molar-refractivity contribution >= 4 is 18.2 Å². The van der Waals surface area contributed by atoms with Gasteiger partial charge in [-0.05, 0) is 54.4 Å². The largest absolute Gasteiger partial charge is 0.444 e. The molecule has 0 radical (unpaired) electrons. The molecule has 0 spiro atoms. The Morgan fingerprint density at radius 2 is 1.77 bits per heavy atom. The van der Waals surface area contributed by atoms with Crippen LogP contribution < -0.4 is 0 Å². The second-order valence-electron chi connectivity index (χ2n) is 11.4. The third kappa shape index (κ3) is 5.47. The molecule has 1 aromatic rings. The lowest BCUT2D eigenvalue weighted by Gasteiger charge is -2.44. The number of fused-ring (bicyclic) bond motifs is 2. The number of hydroxylamine groups is 2. The highest BCUT2D eigenvalue weighted by atomic mass is 16.6. The Bertz CT molecular complexity index is 976. The molecule has 12 nitrogen and oxygen atoms in total. The van der Waals surface area contributed by atoms with Crippen molar-refractivity contribution in [3.05, 3.63) is 17.5 Å². The van der Waals surface area contributed by atoms with E-state index in [0.717, 1.165) is 5.06 Å². The van der Waals surface area contributed by atoms with E-state index in [1.807, 2.05) is 0 Å². The summed E-state index contributed by atoms with van der Waals surface area (Å²) in [6.45, 7) is 11.9. The van der Waals surface area contributed by atoms with Gasteiger partial charge in [-0.15, -0.1) is 0 Å². The first-order valence-electron chi connectivity index (χ1n) is 11.9. The third-order valence-corrected chi connectivity index (χ3v) is 6.17. The second-order valence-corrected chi connectivity index (χ2v) is 11.4. The van der Waals surface area contributed by atoms with Crippen LogP contribution in [-0.4, -0.2) is 91.3 Å². The summed E-state index contributed by atoms with van der Waals surface area (Å²) in [7, 11) is 0. The van der Waals surface area contributed by atoms with Gasteiger partial charge in [-0.3, -0.25) is 10.1 Å². The summed E-state index contributed by atoms with van der Waals surface area (Å²) < 4.78 is 16.5. The molecule has 2 atom stereocenters. The highest BCUT2D eigenvalue weighted by molar-refractivity contribution is 5.77. The number of rotatable bonds is 4. The van der Waals surface area contributed by atoms with Gasteiger partial charge in [0.05, 0.1) is 24.7 Å². The zero-order valence-corrected chi connectivity index (χ0v) is 21.2. The van der Waals surface area contributed by atoms with Gasteiger partial charge < -0.3 is 23.8 Å². The van der Waals surface area contributed by atoms with E-state index in [1.54, 1.807) is 52.5 Å². The number of carbonyl (C=O) groups excluding carboxylic acids is 3. The molecule has 4 heterocycles. The highest BCUT2D eigenvalue weighted by Crippen LogP contribution is 2.37. The molecule has 4 amide bonds. The van der Waals surface area contributed by atoms with Crippen molar-refractivity contribution in [2.75, 3.05) is 19.6 Å². The molecule has 3 aliphatic rings. The van der Waals surface area contributed by atoms with Crippen molar-refractivity contribution in [1.29, 1.82) is 0 Å². The number of ether oxygens (including phenoxy) is 2. The molecule has 194 valence electrons. The van der Waals surface area contributed by atoms with E-state index in [2.05, 4.69) is 5.16 Å². The number of hydrogen-bond donors (Lipinski definition) is 1. The minimum absolute atomic E-state index is 0.101. The summed E-state index contributed by atoms with van der Waals surface area (Å²) in [4.78, 5) is 42.3. The Kier molecular flexibility index (Phi) is 6.37. The van der Waals surface area contributed by atoms with Crippen LogP contribution in [0.15, 0.2) is 10.6 Å². The summed E-state index contributed by atoms with van der Waals surface area (Å²) >= 11 is 0. The number of carbonyl (C=O) groups is 3. The zero-order valence-electron chi connectivity index (χ0n) is 21.2. The Hall–Kier alpha value is -3.02. The van der Waals surface area contributed by atoms with E-state index in [0.29, 0.717) is 43.9 Å². The van der Waals surface area contributed by atoms with E-state index in [1.165, 1.54) is 9.80 Å². The molecule has 2 bridgehead atoms. The number of piperidine rings is 1. The number of amides is 4. The minimum Gasteiger partial charge on any atom is -0.444 e. The Balaban J connectivity index is 1.45. The molecule has 4 rings (SSSR count). The fourth-order valence-corrected chi connectivity index (χ4v) is 4.48. The Morgan fingerprint density at radius 1 is 1.11 bits per heavy atom. The maximum atomic E-state index is 13.0. The normalized spacial score (nSPS) is 22.8. The van der Waals surface area contributed by atoms with Crippen molar-refractivity contribution in [1.82, 2.24) is 24.9 Å². The van der Waals surface area contributed by atoms with Gasteiger partial charge in [0.2, 0.25) is 0 Å². The average molecular weight is 494 g/mol. The number of hydrogen-bond acceptors (Lipinski definition) is 8. The van der Waals surface area contributed by atoms with E-state index >= 15 is 0 Å². The lowest BCUT2D eigenvalue weighted by molar-refractivity contribution is -0.0584. The quantitative estimate of drug-likeness (QED) is 0.632. The van der Waals surface area contributed by atoms with Crippen LogP contribution in [0.4, 0.5) is 14.4 Å².